The van der Waals surface area contributed by atoms with E-state index in [2.05, 4.69) is 12.7 Å². The van der Waals surface area contributed by atoms with Crippen LogP contribution in [0.5, 0.6) is 17.2 Å². The van der Waals surface area contributed by atoms with Crippen molar-refractivity contribution in [3.8, 4) is 17.2 Å². The molecule has 2 aliphatic carbocycles. The minimum atomic E-state index is -1.56. The maximum absolute atomic E-state index is 14.6. The Morgan fingerprint density at radius 2 is 1.72 bits per heavy atom. The molecule has 1 fully saturated rings. The highest BCUT2D eigenvalue weighted by molar-refractivity contribution is 6.03. The van der Waals surface area contributed by atoms with E-state index in [-0.39, 0.29) is 95.0 Å². The predicted octanol–water partition coefficient (Wildman–Crippen LogP) is 7.70. The number of rotatable bonds is 27. The Labute approximate surface area is 380 Å². The molecule has 3 aromatic carbocycles. The molecule has 0 saturated heterocycles. The molecule has 1 amide bonds. The van der Waals surface area contributed by atoms with Crippen molar-refractivity contribution in [2.24, 2.45) is 22.9 Å². The number of aliphatic hydroxyl groups is 3. The topological polar surface area (TPSA) is 201 Å². The molecule has 3 aromatic rings. The third kappa shape index (κ3) is 12.3. The fraction of sp³-hybridized carbons (Fsp3) is 0.510. The quantitative estimate of drug-likeness (QED) is 0.0291. The van der Waals surface area contributed by atoms with Crippen LogP contribution in [0.25, 0.3) is 0 Å². The second-order valence-electron chi connectivity index (χ2n) is 16.2. The molecule has 6 unspecified atom stereocenters. The lowest BCUT2D eigenvalue weighted by Gasteiger charge is -2.59. The number of hydrogen-bond donors (Lipinski definition) is 3. The third-order valence-electron chi connectivity index (χ3n) is 12.1. The van der Waals surface area contributed by atoms with Crippen molar-refractivity contribution in [2.45, 2.75) is 76.2 Å². The van der Waals surface area contributed by atoms with E-state index in [1.165, 1.54) is 12.1 Å². The standard InChI is InChI=1S/C49H63N3O13/c1-3-25-62-49-45(51(21-26-59-27-24-55)48(56)61-29-28-60-34-35-13-6-5-7-14-35)33-43(50-63-4-2)41-30-36(15-8-10-22-53)40(18-9-11-23-54)46(47(41)49)42-32-39(19-20-44(42)65-49)64-38-17-12-16-37(31-38)52(57)58/h3,5-7,12-14,16-17,19-20,30-32,36,40,45-47,53-55H,1,4,8-11,15,18,21-29,33-34H2,2H3. The Hall–Kier alpha value is -5.36. The summed E-state index contributed by atoms with van der Waals surface area (Å²) in [5, 5.41) is 45.8. The molecule has 1 aliphatic heterocycles. The Morgan fingerprint density at radius 3 is 2.46 bits per heavy atom. The Balaban J connectivity index is 1.48. The van der Waals surface area contributed by atoms with Gasteiger partial charge >= 0.3 is 6.09 Å². The molecule has 1 heterocycles. The van der Waals surface area contributed by atoms with Gasteiger partial charge in [-0.3, -0.25) is 15.0 Å². The molecule has 65 heavy (non-hydrogen) atoms. The number of non-ortho nitro benzene ring substituents is 1. The maximum atomic E-state index is 14.6. The van der Waals surface area contributed by atoms with Crippen LogP contribution in [-0.4, -0.2) is 115 Å². The molecule has 16 heteroatoms. The number of nitrogens with zero attached hydrogens (tertiary/aromatic N) is 3. The molecule has 3 N–H and O–H groups in total. The van der Waals surface area contributed by atoms with E-state index in [4.69, 9.17) is 38.4 Å². The summed E-state index contributed by atoms with van der Waals surface area (Å²) in [5.41, 5.74) is 3.16. The summed E-state index contributed by atoms with van der Waals surface area (Å²) in [4.78, 5) is 33.2. The summed E-state index contributed by atoms with van der Waals surface area (Å²) in [6, 6.07) is 20.3. The molecular weight excluding hydrogens is 839 g/mol. The van der Waals surface area contributed by atoms with Gasteiger partial charge in [0.2, 0.25) is 5.79 Å². The maximum Gasteiger partial charge on any atom is 0.410 e. The summed E-state index contributed by atoms with van der Waals surface area (Å²) in [7, 11) is 0. The van der Waals surface area contributed by atoms with Crippen LogP contribution in [0.15, 0.2) is 102 Å². The number of aliphatic hydroxyl groups excluding tert-OH is 3. The zero-order valence-electron chi connectivity index (χ0n) is 37.2. The molecule has 6 rings (SSSR count). The third-order valence-corrected chi connectivity index (χ3v) is 12.1. The molecule has 0 bridgehead atoms. The molecule has 0 spiro atoms. The molecular formula is C49H63N3O13. The van der Waals surface area contributed by atoms with Gasteiger partial charge in [-0.05, 0) is 79.8 Å². The molecule has 0 radical (unpaired) electrons. The van der Waals surface area contributed by atoms with E-state index >= 15 is 0 Å². The number of carbonyl (C=O) groups is 1. The normalized spacial score (nSPS) is 22.5. The fourth-order valence-corrected chi connectivity index (χ4v) is 9.39. The van der Waals surface area contributed by atoms with Crippen LogP contribution in [0, 0.1) is 27.9 Å². The van der Waals surface area contributed by atoms with Gasteiger partial charge in [0.15, 0.2) is 0 Å². The van der Waals surface area contributed by atoms with Crippen LogP contribution < -0.4 is 9.47 Å². The van der Waals surface area contributed by atoms with Gasteiger partial charge in [-0.1, -0.05) is 66.5 Å². The summed E-state index contributed by atoms with van der Waals surface area (Å²) in [5.74, 6) is -1.35. The predicted molar refractivity (Wildman–Crippen MR) is 242 cm³/mol. The van der Waals surface area contributed by atoms with Gasteiger partial charge in [0.25, 0.3) is 5.69 Å². The first-order valence-electron chi connectivity index (χ1n) is 22.6. The van der Waals surface area contributed by atoms with Gasteiger partial charge in [0, 0.05) is 43.7 Å². The molecule has 3 aliphatic rings. The highest BCUT2D eigenvalue weighted by Crippen LogP contribution is 2.62. The highest BCUT2D eigenvalue weighted by Gasteiger charge is 2.65. The second kappa shape index (κ2) is 24.8. The van der Waals surface area contributed by atoms with Crippen LogP contribution in [0.2, 0.25) is 0 Å². The van der Waals surface area contributed by atoms with E-state index in [0.29, 0.717) is 49.7 Å². The molecule has 0 aromatic heterocycles. The number of nitro benzene ring substituents is 1. The van der Waals surface area contributed by atoms with E-state index in [1.807, 2.05) is 43.3 Å². The van der Waals surface area contributed by atoms with Gasteiger partial charge in [-0.15, -0.1) is 6.58 Å². The number of unbranched alkanes of at least 4 members (excludes halogenated alkanes) is 2. The number of fused-ring (bicyclic) bond motifs is 2. The molecule has 1 saturated carbocycles. The lowest BCUT2D eigenvalue weighted by atomic mass is 9.55. The van der Waals surface area contributed by atoms with E-state index in [9.17, 15) is 30.2 Å². The lowest BCUT2D eigenvalue weighted by molar-refractivity contribution is -0.384. The smallest absolute Gasteiger partial charge is 0.410 e. The molecule has 6 atom stereocenters. The lowest BCUT2D eigenvalue weighted by Crippen LogP contribution is -2.70. The fourth-order valence-electron chi connectivity index (χ4n) is 9.39. The van der Waals surface area contributed by atoms with Crippen molar-refractivity contribution in [2.75, 3.05) is 66.0 Å². The Morgan fingerprint density at radius 1 is 0.938 bits per heavy atom. The largest absolute Gasteiger partial charge is 0.459 e. The average Bonchev–Trinajstić information content (AvgIpc) is 3.32. The number of hydrogen-bond acceptors (Lipinski definition) is 14. The van der Waals surface area contributed by atoms with Crippen LogP contribution in [0.1, 0.15) is 68.9 Å². The van der Waals surface area contributed by atoms with Crippen molar-refractivity contribution < 1.29 is 58.3 Å². The summed E-state index contributed by atoms with van der Waals surface area (Å²) >= 11 is 0. The van der Waals surface area contributed by atoms with Crippen molar-refractivity contribution in [3.05, 3.63) is 118 Å². The zero-order valence-corrected chi connectivity index (χ0v) is 37.2. The summed E-state index contributed by atoms with van der Waals surface area (Å²) < 4.78 is 38.1. The average molecular weight is 902 g/mol. The number of ether oxygens (including phenoxy) is 6. The van der Waals surface area contributed by atoms with Crippen LogP contribution in [0.4, 0.5) is 10.5 Å². The van der Waals surface area contributed by atoms with E-state index in [0.717, 1.165) is 36.0 Å². The second-order valence-corrected chi connectivity index (χ2v) is 16.2. The SMILES string of the molecule is C=CCOC12Oc3ccc(Oc4cccc([N+](=O)[O-])c4)cc3C3C(CCCCO)C(CCCCO)C=C(C(=NOCC)CC1N(CCOCCO)C(=O)OCCOCc1ccccc1)C32. The number of benzene rings is 3. The van der Waals surface area contributed by atoms with Crippen molar-refractivity contribution in [1.82, 2.24) is 4.90 Å². The summed E-state index contributed by atoms with van der Waals surface area (Å²) in [6.07, 6.45) is 7.56. The van der Waals surface area contributed by atoms with Gasteiger partial charge in [0.1, 0.15) is 36.5 Å². The first-order valence-corrected chi connectivity index (χ1v) is 22.6. The van der Waals surface area contributed by atoms with Crippen molar-refractivity contribution in [1.29, 1.82) is 0 Å². The first-order chi connectivity index (χ1) is 31.8. The van der Waals surface area contributed by atoms with Crippen LogP contribution >= 0.6 is 0 Å². The van der Waals surface area contributed by atoms with Crippen LogP contribution in [-0.2, 0) is 30.4 Å². The van der Waals surface area contributed by atoms with E-state index < -0.39 is 28.8 Å². The first kappa shape index (κ1) is 49.1. The van der Waals surface area contributed by atoms with Gasteiger partial charge in [-0.2, -0.15) is 0 Å². The van der Waals surface area contributed by atoms with Crippen molar-refractivity contribution in [3.63, 3.8) is 0 Å². The number of carbonyl (C=O) groups excluding carboxylic acids is 1. The summed E-state index contributed by atoms with van der Waals surface area (Å²) in [6.45, 7) is 6.69. The number of oxime groups is 1. The van der Waals surface area contributed by atoms with Gasteiger partial charge in [-0.25, -0.2) is 4.79 Å². The molecule has 16 nitrogen and oxygen atoms in total. The monoisotopic (exact) mass is 901 g/mol. The minimum Gasteiger partial charge on any atom is -0.459 e. The van der Waals surface area contributed by atoms with Gasteiger partial charge in [0.05, 0.1) is 62.3 Å². The zero-order chi connectivity index (χ0) is 46.0. The number of nitro groups is 1. The Bertz CT molecular complexity index is 2070. The number of allylic oxidation sites excluding steroid dienone is 1. The Kier molecular flexibility index (Phi) is 18.7. The van der Waals surface area contributed by atoms with Crippen molar-refractivity contribution >= 4 is 17.5 Å². The van der Waals surface area contributed by atoms with Gasteiger partial charge < -0.3 is 48.6 Å². The minimum absolute atomic E-state index is 0.00638. The van der Waals surface area contributed by atoms with E-state index in [1.54, 1.807) is 35.2 Å². The number of amides is 1. The van der Waals surface area contributed by atoms with Crippen LogP contribution in [0.3, 0.4) is 0 Å². The highest BCUT2D eigenvalue weighted by atomic mass is 16.7. The molecule has 352 valence electrons.